The number of aromatic hydroxyl groups is 1. The van der Waals surface area contributed by atoms with Crippen LogP contribution < -0.4 is 10.1 Å². The second-order valence-corrected chi connectivity index (χ2v) is 8.64. The van der Waals surface area contributed by atoms with Crippen molar-refractivity contribution >= 4 is 28.5 Å². The third-order valence-corrected chi connectivity index (χ3v) is 5.68. The van der Waals surface area contributed by atoms with E-state index < -0.39 is 23.6 Å². The van der Waals surface area contributed by atoms with Crippen molar-refractivity contribution in [3.8, 4) is 11.5 Å². The molecule has 7 nitrogen and oxygen atoms in total. The lowest BCUT2D eigenvalue weighted by Crippen LogP contribution is -2.29. The van der Waals surface area contributed by atoms with Crippen molar-refractivity contribution in [2.24, 2.45) is 5.41 Å². The summed E-state index contributed by atoms with van der Waals surface area (Å²) >= 11 is 0. The van der Waals surface area contributed by atoms with Crippen LogP contribution in [-0.2, 0) is 9.53 Å². The number of aliphatic carboxylic acids is 1. The Morgan fingerprint density at radius 2 is 1.82 bits per heavy atom. The van der Waals surface area contributed by atoms with Gasteiger partial charge in [-0.1, -0.05) is 62.4 Å². The first-order valence-electron chi connectivity index (χ1n) is 10.9. The molecule has 3 aromatic carbocycles. The predicted octanol–water partition coefficient (Wildman–Crippen LogP) is 6.29. The van der Waals surface area contributed by atoms with Crippen molar-refractivity contribution in [1.29, 1.82) is 0 Å². The number of amides is 1. The summed E-state index contributed by atoms with van der Waals surface area (Å²) in [6.07, 6.45) is 2.33. The number of carboxylic acid groups (broad SMARTS) is 1. The molecule has 0 saturated carbocycles. The average molecular weight is 464 g/mol. The molecule has 0 aromatic heterocycles. The molecule has 3 N–H and O–H groups in total. The first-order valence-corrected chi connectivity index (χ1v) is 10.9. The number of phenolic OH excluding ortho intramolecular Hbond substituents is 1. The number of anilines is 1. The van der Waals surface area contributed by atoms with Crippen molar-refractivity contribution in [3.63, 3.8) is 0 Å². The van der Waals surface area contributed by atoms with Gasteiger partial charge in [-0.25, -0.2) is 9.59 Å². The van der Waals surface area contributed by atoms with E-state index in [0.717, 1.165) is 16.8 Å². The quantitative estimate of drug-likeness (QED) is 0.322. The molecule has 0 heterocycles. The zero-order valence-electron chi connectivity index (χ0n) is 19.4. The molecule has 0 aliphatic carbocycles. The molecule has 0 fully saturated rings. The molecule has 7 heteroatoms. The van der Waals surface area contributed by atoms with Crippen LogP contribution in [0.25, 0.3) is 10.8 Å². The minimum absolute atomic E-state index is 0.0652. The highest BCUT2D eigenvalue weighted by atomic mass is 16.6. The molecule has 0 bridgehead atoms. The Balaban J connectivity index is 1.87. The number of hydrogen-bond donors (Lipinski definition) is 3. The second kappa shape index (κ2) is 10.7. The smallest absolute Gasteiger partial charge is 0.412 e. The monoisotopic (exact) mass is 463 g/mol. The highest BCUT2D eigenvalue weighted by molar-refractivity contribution is 6.00. The van der Waals surface area contributed by atoms with Crippen LogP contribution in [-0.4, -0.2) is 29.4 Å². The Morgan fingerprint density at radius 3 is 2.53 bits per heavy atom. The van der Waals surface area contributed by atoms with Gasteiger partial charge in [-0.2, -0.15) is 0 Å². The van der Waals surface area contributed by atoms with Gasteiger partial charge in [0.25, 0.3) is 0 Å². The van der Waals surface area contributed by atoms with Crippen molar-refractivity contribution in [3.05, 3.63) is 78.4 Å². The largest absolute Gasteiger partial charge is 0.504 e. The molecule has 1 amide bonds. The molecule has 0 radical (unpaired) electrons. The fourth-order valence-corrected chi connectivity index (χ4v) is 3.90. The maximum atomic E-state index is 13.0. The number of carboxylic acids is 1. The SMILES string of the molecule is COc1ccc([C@@H](OC(=O)Nc2cccc3ccccc23)C(C)(C)CC/C=C/C(=O)O)cc1O. The Labute approximate surface area is 198 Å². The highest BCUT2D eigenvalue weighted by Crippen LogP contribution is 2.43. The number of rotatable bonds is 9. The fraction of sp³-hybridized carbons (Fsp3) is 0.259. The van der Waals surface area contributed by atoms with Crippen LogP contribution in [0.4, 0.5) is 10.5 Å². The topological polar surface area (TPSA) is 105 Å². The van der Waals surface area contributed by atoms with Crippen LogP contribution in [0.1, 0.15) is 38.4 Å². The second-order valence-electron chi connectivity index (χ2n) is 8.64. The van der Waals surface area contributed by atoms with Gasteiger partial charge in [-0.3, -0.25) is 5.32 Å². The van der Waals surface area contributed by atoms with Gasteiger partial charge in [0.1, 0.15) is 6.10 Å². The summed E-state index contributed by atoms with van der Waals surface area (Å²) in [7, 11) is 1.46. The van der Waals surface area contributed by atoms with E-state index in [4.69, 9.17) is 14.6 Å². The Kier molecular flexibility index (Phi) is 7.79. The van der Waals surface area contributed by atoms with E-state index in [2.05, 4.69) is 5.32 Å². The number of benzene rings is 3. The van der Waals surface area contributed by atoms with Gasteiger partial charge in [-0.15, -0.1) is 0 Å². The molecule has 3 aromatic rings. The van der Waals surface area contributed by atoms with Gasteiger partial charge in [0, 0.05) is 16.9 Å². The molecular weight excluding hydrogens is 434 g/mol. The standard InChI is InChI=1S/C27H29NO6/c1-27(2,16-7-6-13-24(30)31)25(19-14-15-23(33-3)22(29)17-19)34-26(32)28-21-12-8-10-18-9-4-5-11-20(18)21/h4-6,8-15,17,25,29H,7,16H2,1-3H3,(H,28,32)(H,30,31)/b13-6+/t25-/m1/s1. The van der Waals surface area contributed by atoms with Gasteiger partial charge >= 0.3 is 12.1 Å². The predicted molar refractivity (Wildman–Crippen MR) is 131 cm³/mol. The summed E-state index contributed by atoms with van der Waals surface area (Å²) in [5.74, 6) is -0.769. The normalized spacial score (nSPS) is 12.4. The van der Waals surface area contributed by atoms with Crippen LogP contribution in [0.15, 0.2) is 72.8 Å². The average Bonchev–Trinajstić information content (AvgIpc) is 2.80. The number of carbonyl (C=O) groups is 2. The van der Waals surface area contributed by atoms with Crippen LogP contribution in [0, 0.1) is 5.41 Å². The van der Waals surface area contributed by atoms with Crippen molar-refractivity contribution in [1.82, 2.24) is 0 Å². The minimum atomic E-state index is -1.01. The number of carbonyl (C=O) groups excluding carboxylic acids is 1. The zero-order valence-corrected chi connectivity index (χ0v) is 19.4. The Morgan fingerprint density at radius 1 is 1.09 bits per heavy atom. The van der Waals surface area contributed by atoms with E-state index in [1.807, 2.05) is 50.2 Å². The first-order chi connectivity index (χ1) is 16.2. The first kappa shape index (κ1) is 24.6. The lowest BCUT2D eigenvalue weighted by atomic mass is 9.78. The zero-order chi connectivity index (χ0) is 24.7. The minimum Gasteiger partial charge on any atom is -0.504 e. The molecular formula is C27H29NO6. The molecule has 1 atom stereocenters. The molecule has 0 spiro atoms. The third kappa shape index (κ3) is 6.07. The summed E-state index contributed by atoms with van der Waals surface area (Å²) in [4.78, 5) is 23.8. The molecule has 3 rings (SSSR count). The number of methoxy groups -OCH3 is 1. The van der Waals surface area contributed by atoms with E-state index in [-0.39, 0.29) is 5.75 Å². The van der Waals surface area contributed by atoms with E-state index in [0.29, 0.717) is 29.8 Å². The molecule has 34 heavy (non-hydrogen) atoms. The summed E-state index contributed by atoms with van der Waals surface area (Å²) in [5, 5.41) is 23.9. The van der Waals surface area contributed by atoms with Crippen molar-refractivity contribution in [2.45, 2.75) is 32.8 Å². The summed E-state index contributed by atoms with van der Waals surface area (Å²) in [6.45, 7) is 3.86. The molecule has 0 saturated heterocycles. The maximum Gasteiger partial charge on any atom is 0.412 e. The summed E-state index contributed by atoms with van der Waals surface area (Å²) in [5.41, 5.74) is 0.639. The Bertz CT molecular complexity index is 1200. The molecule has 0 unspecified atom stereocenters. The number of ether oxygens (including phenoxy) is 2. The summed E-state index contributed by atoms with van der Waals surface area (Å²) < 4.78 is 11.1. The van der Waals surface area contributed by atoms with Crippen molar-refractivity contribution in [2.75, 3.05) is 12.4 Å². The molecule has 0 aliphatic rings. The van der Waals surface area contributed by atoms with Gasteiger partial charge in [0.2, 0.25) is 0 Å². The highest BCUT2D eigenvalue weighted by Gasteiger charge is 2.34. The van der Waals surface area contributed by atoms with Gasteiger partial charge in [0.15, 0.2) is 11.5 Å². The van der Waals surface area contributed by atoms with Crippen LogP contribution in [0.3, 0.4) is 0 Å². The van der Waals surface area contributed by atoms with Crippen molar-refractivity contribution < 1.29 is 29.3 Å². The number of fused-ring (bicyclic) bond motifs is 1. The number of allylic oxidation sites excluding steroid dienone is 1. The fourth-order valence-electron chi connectivity index (χ4n) is 3.90. The number of nitrogens with one attached hydrogen (secondary N) is 1. The van der Waals surface area contributed by atoms with Gasteiger partial charge in [-0.05, 0) is 42.0 Å². The van der Waals surface area contributed by atoms with Crippen LogP contribution in [0.2, 0.25) is 0 Å². The number of phenols is 1. The molecule has 178 valence electrons. The lowest BCUT2D eigenvalue weighted by molar-refractivity contribution is -0.131. The maximum absolute atomic E-state index is 13.0. The van der Waals surface area contributed by atoms with E-state index in [1.54, 1.807) is 24.3 Å². The summed E-state index contributed by atoms with van der Waals surface area (Å²) in [6, 6.07) is 18.2. The van der Waals surface area contributed by atoms with Gasteiger partial charge in [0.05, 0.1) is 12.8 Å². The lowest BCUT2D eigenvalue weighted by Gasteiger charge is -2.34. The van der Waals surface area contributed by atoms with Gasteiger partial charge < -0.3 is 19.7 Å². The van der Waals surface area contributed by atoms with Crippen LogP contribution in [0.5, 0.6) is 11.5 Å². The molecule has 0 aliphatic heterocycles. The van der Waals surface area contributed by atoms with E-state index in [9.17, 15) is 14.7 Å². The Hall–Kier alpha value is -4.00. The van der Waals surface area contributed by atoms with Crippen LogP contribution >= 0.6 is 0 Å². The number of hydrogen-bond acceptors (Lipinski definition) is 5. The van der Waals surface area contributed by atoms with E-state index in [1.165, 1.54) is 13.2 Å². The van der Waals surface area contributed by atoms with E-state index >= 15 is 0 Å². The third-order valence-electron chi connectivity index (χ3n) is 5.68.